The molecular formula is C25H29Cl2N3O4S. The highest BCUT2D eigenvalue weighted by atomic mass is 35.5. The molecule has 4 rings (SSSR count). The summed E-state index contributed by atoms with van der Waals surface area (Å²) in [6, 6.07) is 11.8. The van der Waals surface area contributed by atoms with Crippen molar-refractivity contribution in [3.8, 4) is 0 Å². The lowest BCUT2D eigenvalue weighted by Gasteiger charge is -2.41. The molecule has 2 saturated heterocycles. The summed E-state index contributed by atoms with van der Waals surface area (Å²) >= 11 is 12.3. The number of carbonyl (C=O) groups excluding carboxylic acids is 2. The molecule has 2 N–H and O–H groups in total. The number of halogens is 2. The normalized spacial score (nSPS) is 19.3. The summed E-state index contributed by atoms with van der Waals surface area (Å²) in [6.07, 6.45) is 3.53. The molecule has 2 aliphatic heterocycles. The fourth-order valence-electron chi connectivity index (χ4n) is 5.20. The van der Waals surface area contributed by atoms with E-state index in [0.29, 0.717) is 49.1 Å². The van der Waals surface area contributed by atoms with Gasteiger partial charge in [0.1, 0.15) is 0 Å². The van der Waals surface area contributed by atoms with E-state index in [0.717, 1.165) is 17.5 Å². The average Bonchev–Trinajstić information content (AvgIpc) is 3.09. The number of primary amides is 1. The topological polar surface area (TPSA) is 101 Å². The molecule has 0 saturated carbocycles. The van der Waals surface area contributed by atoms with E-state index in [1.54, 1.807) is 36.4 Å². The van der Waals surface area contributed by atoms with Gasteiger partial charge in [0.15, 0.2) is 9.84 Å². The predicted molar refractivity (Wildman–Crippen MR) is 136 cm³/mol. The van der Waals surface area contributed by atoms with Crippen molar-refractivity contribution in [2.45, 2.75) is 43.2 Å². The van der Waals surface area contributed by atoms with Gasteiger partial charge in [-0.1, -0.05) is 41.4 Å². The number of nitrogens with two attached hydrogens (primary N) is 1. The molecule has 2 aliphatic rings. The Hall–Kier alpha value is -2.13. The second-order valence-corrected chi connectivity index (χ2v) is 12.4. The van der Waals surface area contributed by atoms with Gasteiger partial charge in [0.2, 0.25) is 11.8 Å². The lowest BCUT2D eigenvalue weighted by molar-refractivity contribution is -0.139. The van der Waals surface area contributed by atoms with Gasteiger partial charge in [-0.3, -0.25) is 14.5 Å². The Morgan fingerprint density at radius 2 is 1.66 bits per heavy atom. The third kappa shape index (κ3) is 5.66. The third-order valence-electron chi connectivity index (χ3n) is 7.24. The van der Waals surface area contributed by atoms with Gasteiger partial charge >= 0.3 is 0 Å². The minimum atomic E-state index is -3.25. The standard InChI is InChI=1S/C25H29Cl2N3O4S/c1-35(33,34)19-5-2-17(3-6-19)16-30-13-10-25(24(30)32)8-11-29(12-9-25)22(15-23(28)31)18-4-7-20(26)21(27)14-18/h2-7,14,22H,8-13,15-16H2,1H3,(H2,28,31). The molecule has 2 fully saturated rings. The van der Waals surface area contributed by atoms with Crippen molar-refractivity contribution in [3.05, 3.63) is 63.6 Å². The molecule has 2 aromatic carbocycles. The molecule has 2 amide bonds. The Morgan fingerprint density at radius 3 is 2.23 bits per heavy atom. The number of nitrogens with zero attached hydrogens (tertiary/aromatic N) is 2. The third-order valence-corrected chi connectivity index (χ3v) is 9.11. The van der Waals surface area contributed by atoms with Gasteiger partial charge in [-0.2, -0.15) is 0 Å². The molecule has 10 heteroatoms. The fraction of sp³-hybridized carbons (Fsp3) is 0.440. The molecule has 0 bridgehead atoms. The first-order valence-corrected chi connectivity index (χ1v) is 14.2. The monoisotopic (exact) mass is 537 g/mol. The Labute approximate surface area is 216 Å². The van der Waals surface area contributed by atoms with Crippen LogP contribution in [0.4, 0.5) is 0 Å². The molecular weight excluding hydrogens is 509 g/mol. The van der Waals surface area contributed by atoms with Crippen LogP contribution >= 0.6 is 23.2 Å². The lowest BCUT2D eigenvalue weighted by atomic mass is 9.76. The molecule has 7 nitrogen and oxygen atoms in total. The van der Waals surface area contributed by atoms with E-state index >= 15 is 0 Å². The highest BCUT2D eigenvalue weighted by molar-refractivity contribution is 7.90. The maximum absolute atomic E-state index is 13.4. The van der Waals surface area contributed by atoms with Gasteiger partial charge in [-0.15, -0.1) is 0 Å². The summed E-state index contributed by atoms with van der Waals surface area (Å²) in [6.45, 7) is 2.47. The summed E-state index contributed by atoms with van der Waals surface area (Å²) in [7, 11) is -3.25. The van der Waals surface area contributed by atoms with Crippen LogP contribution in [0.1, 0.15) is 42.9 Å². The van der Waals surface area contributed by atoms with E-state index in [4.69, 9.17) is 28.9 Å². The van der Waals surface area contributed by atoms with E-state index in [9.17, 15) is 18.0 Å². The van der Waals surface area contributed by atoms with Crippen LogP contribution in [0, 0.1) is 5.41 Å². The van der Waals surface area contributed by atoms with Crippen LogP contribution in [0.25, 0.3) is 0 Å². The highest BCUT2D eigenvalue weighted by Crippen LogP contribution is 2.44. The van der Waals surface area contributed by atoms with Crippen molar-refractivity contribution in [1.82, 2.24) is 9.80 Å². The molecule has 1 unspecified atom stereocenters. The molecule has 0 aliphatic carbocycles. The predicted octanol–water partition coefficient (Wildman–Crippen LogP) is 3.83. The van der Waals surface area contributed by atoms with Crippen LogP contribution in [0.5, 0.6) is 0 Å². The van der Waals surface area contributed by atoms with Gasteiger partial charge in [0, 0.05) is 31.8 Å². The minimum absolute atomic E-state index is 0.144. The van der Waals surface area contributed by atoms with Gasteiger partial charge < -0.3 is 10.6 Å². The summed E-state index contributed by atoms with van der Waals surface area (Å²) in [4.78, 5) is 29.6. The number of carbonyl (C=O) groups is 2. The van der Waals surface area contributed by atoms with Crippen molar-refractivity contribution in [1.29, 1.82) is 0 Å². The van der Waals surface area contributed by atoms with Gasteiger partial charge in [0.05, 0.1) is 20.4 Å². The Bertz CT molecular complexity index is 1230. The van der Waals surface area contributed by atoms with E-state index in [2.05, 4.69) is 4.90 Å². The van der Waals surface area contributed by atoms with Crippen LogP contribution in [-0.2, 0) is 26.0 Å². The molecule has 1 spiro atoms. The number of sulfone groups is 1. The van der Waals surface area contributed by atoms with Crippen LogP contribution < -0.4 is 5.73 Å². The van der Waals surface area contributed by atoms with Crippen molar-refractivity contribution < 1.29 is 18.0 Å². The molecule has 188 valence electrons. The Balaban J connectivity index is 1.43. The zero-order chi connectivity index (χ0) is 25.4. The van der Waals surface area contributed by atoms with Crippen LogP contribution in [0.3, 0.4) is 0 Å². The molecule has 1 atom stereocenters. The van der Waals surface area contributed by atoms with Crippen molar-refractivity contribution >= 4 is 44.9 Å². The fourth-order valence-corrected chi connectivity index (χ4v) is 6.14. The first-order chi connectivity index (χ1) is 16.5. The molecule has 0 radical (unpaired) electrons. The van der Waals surface area contributed by atoms with Crippen LogP contribution in [0.15, 0.2) is 47.4 Å². The van der Waals surface area contributed by atoms with Crippen LogP contribution in [0.2, 0.25) is 10.0 Å². The maximum Gasteiger partial charge on any atom is 0.229 e. The quantitative estimate of drug-likeness (QED) is 0.578. The number of rotatable bonds is 7. The van der Waals surface area contributed by atoms with E-state index in [1.807, 2.05) is 11.0 Å². The minimum Gasteiger partial charge on any atom is -0.370 e. The number of benzene rings is 2. The summed E-state index contributed by atoms with van der Waals surface area (Å²) in [5, 5.41) is 0.881. The van der Waals surface area contributed by atoms with E-state index < -0.39 is 21.2 Å². The number of hydrogen-bond donors (Lipinski definition) is 1. The second kappa shape index (κ2) is 10.1. The first kappa shape index (κ1) is 25.9. The Morgan fingerprint density at radius 1 is 1.03 bits per heavy atom. The van der Waals surface area contributed by atoms with Crippen LogP contribution in [-0.4, -0.2) is 55.9 Å². The largest absolute Gasteiger partial charge is 0.370 e. The van der Waals surface area contributed by atoms with Crippen molar-refractivity contribution in [2.75, 3.05) is 25.9 Å². The lowest BCUT2D eigenvalue weighted by Crippen LogP contribution is -2.46. The number of hydrogen-bond acceptors (Lipinski definition) is 5. The van der Waals surface area contributed by atoms with Gasteiger partial charge in [-0.05, 0) is 67.7 Å². The molecule has 35 heavy (non-hydrogen) atoms. The zero-order valence-corrected chi connectivity index (χ0v) is 21.9. The summed E-state index contributed by atoms with van der Waals surface area (Å²) in [5.41, 5.74) is 6.93. The first-order valence-electron chi connectivity index (χ1n) is 11.5. The second-order valence-electron chi connectivity index (χ2n) is 9.57. The number of likely N-dealkylation sites (tertiary alicyclic amines) is 2. The van der Waals surface area contributed by atoms with Crippen molar-refractivity contribution in [3.63, 3.8) is 0 Å². The number of amides is 2. The van der Waals surface area contributed by atoms with E-state index in [1.165, 1.54) is 6.26 Å². The maximum atomic E-state index is 13.4. The van der Waals surface area contributed by atoms with Crippen molar-refractivity contribution in [2.24, 2.45) is 11.1 Å². The molecule has 2 heterocycles. The van der Waals surface area contributed by atoms with Gasteiger partial charge in [-0.25, -0.2) is 8.42 Å². The molecule has 2 aromatic rings. The summed E-state index contributed by atoms with van der Waals surface area (Å²) in [5.74, 6) is -0.253. The smallest absolute Gasteiger partial charge is 0.229 e. The highest BCUT2D eigenvalue weighted by Gasteiger charge is 2.48. The number of piperidine rings is 1. The SMILES string of the molecule is CS(=O)(=O)c1ccc(CN2CCC3(CCN(C(CC(N)=O)c4ccc(Cl)c(Cl)c4)CC3)C2=O)cc1. The summed E-state index contributed by atoms with van der Waals surface area (Å²) < 4.78 is 23.4. The molecule has 0 aromatic heterocycles. The van der Waals surface area contributed by atoms with E-state index in [-0.39, 0.29) is 23.3 Å². The van der Waals surface area contributed by atoms with Gasteiger partial charge in [0.25, 0.3) is 0 Å². The zero-order valence-electron chi connectivity index (χ0n) is 19.5. The Kier molecular flexibility index (Phi) is 7.48. The average molecular weight is 538 g/mol.